The van der Waals surface area contributed by atoms with E-state index in [1.807, 2.05) is 12.1 Å². The highest BCUT2D eigenvalue weighted by Gasteiger charge is 1.89. The van der Waals surface area contributed by atoms with Crippen molar-refractivity contribution in [2.75, 3.05) is 13.1 Å². The number of hydrogen-bond acceptors (Lipinski definition) is 1. The zero-order valence-corrected chi connectivity index (χ0v) is 9.89. The van der Waals surface area contributed by atoms with Crippen LogP contribution in [0.25, 0.3) is 6.08 Å². The predicted molar refractivity (Wildman–Crippen MR) is 70.4 cm³/mol. The molecule has 0 bridgehead atoms. The van der Waals surface area contributed by atoms with Crippen molar-refractivity contribution in [2.24, 2.45) is 0 Å². The van der Waals surface area contributed by atoms with Crippen LogP contribution < -0.4 is 5.32 Å². The van der Waals surface area contributed by atoms with Crippen LogP contribution in [-0.2, 0) is 0 Å². The van der Waals surface area contributed by atoms with Crippen molar-refractivity contribution in [1.29, 1.82) is 0 Å². The van der Waals surface area contributed by atoms with Crippen molar-refractivity contribution in [1.82, 2.24) is 5.32 Å². The average Bonchev–Trinajstić information content (AvgIpc) is 2.20. The zero-order valence-electron chi connectivity index (χ0n) is 9.07. The molecule has 2 heteroatoms. The molecule has 0 amide bonds. The molecule has 15 heavy (non-hydrogen) atoms. The van der Waals surface area contributed by atoms with E-state index in [-0.39, 0.29) is 12.4 Å². The van der Waals surface area contributed by atoms with Gasteiger partial charge in [0.05, 0.1) is 0 Å². The van der Waals surface area contributed by atoms with Gasteiger partial charge in [0.25, 0.3) is 0 Å². The third kappa shape index (κ3) is 6.10. The van der Waals surface area contributed by atoms with Crippen molar-refractivity contribution in [3.8, 4) is 0 Å². The molecule has 1 rings (SSSR count). The maximum absolute atomic E-state index is 3.66. The molecule has 1 aromatic carbocycles. The normalized spacial score (nSPS) is 10.6. The lowest BCUT2D eigenvalue weighted by atomic mass is 10.1. The summed E-state index contributed by atoms with van der Waals surface area (Å²) in [6.45, 7) is 7.57. The quantitative estimate of drug-likeness (QED) is 0.597. The third-order valence-electron chi connectivity index (χ3n) is 1.91. The van der Waals surface area contributed by atoms with Gasteiger partial charge < -0.3 is 5.32 Å². The van der Waals surface area contributed by atoms with Crippen LogP contribution in [0, 0.1) is 0 Å². The van der Waals surface area contributed by atoms with Crippen LogP contribution in [0.5, 0.6) is 0 Å². The fraction of sp³-hybridized carbons (Fsp3) is 0.231. The molecule has 0 aliphatic carbocycles. The number of benzene rings is 1. The van der Waals surface area contributed by atoms with Gasteiger partial charge in [-0.15, -0.1) is 19.0 Å². The van der Waals surface area contributed by atoms with E-state index in [0.29, 0.717) is 0 Å². The Morgan fingerprint density at radius 2 is 2.00 bits per heavy atom. The van der Waals surface area contributed by atoms with E-state index >= 15 is 0 Å². The van der Waals surface area contributed by atoms with E-state index < -0.39 is 0 Å². The van der Waals surface area contributed by atoms with Gasteiger partial charge in [-0.1, -0.05) is 48.1 Å². The Balaban J connectivity index is 0.00000196. The Morgan fingerprint density at radius 3 is 2.60 bits per heavy atom. The summed E-state index contributed by atoms with van der Waals surface area (Å²) in [6.07, 6.45) is 4.06. The van der Waals surface area contributed by atoms with Crippen molar-refractivity contribution in [3.63, 3.8) is 0 Å². The summed E-state index contributed by atoms with van der Waals surface area (Å²) >= 11 is 0. The molecule has 0 saturated heterocycles. The molecule has 0 saturated carbocycles. The molecule has 0 fully saturated rings. The third-order valence-corrected chi connectivity index (χ3v) is 1.91. The summed E-state index contributed by atoms with van der Waals surface area (Å²) in [7, 11) is 0. The molecule has 0 radical (unpaired) electrons. The topological polar surface area (TPSA) is 12.0 Å². The van der Waals surface area contributed by atoms with Crippen molar-refractivity contribution < 1.29 is 0 Å². The van der Waals surface area contributed by atoms with Crippen LogP contribution in [0.1, 0.15) is 12.5 Å². The molecule has 1 aromatic rings. The minimum absolute atomic E-state index is 0. The van der Waals surface area contributed by atoms with Crippen LogP contribution in [0.3, 0.4) is 0 Å². The van der Waals surface area contributed by atoms with Gasteiger partial charge in [-0.2, -0.15) is 0 Å². The zero-order chi connectivity index (χ0) is 10.2. The van der Waals surface area contributed by atoms with Gasteiger partial charge in [-0.3, -0.25) is 0 Å². The first kappa shape index (κ1) is 13.9. The maximum atomic E-state index is 3.66. The lowest BCUT2D eigenvalue weighted by molar-refractivity contribution is 0.818. The second-order valence-corrected chi connectivity index (χ2v) is 3.32. The Labute approximate surface area is 98.3 Å². The summed E-state index contributed by atoms with van der Waals surface area (Å²) in [4.78, 5) is 0. The molecule has 0 unspecified atom stereocenters. The molecule has 0 aliphatic heterocycles. The molecule has 1 N–H and O–H groups in total. The van der Waals surface area contributed by atoms with Crippen LogP contribution >= 0.6 is 12.4 Å². The number of rotatable bonds is 5. The minimum atomic E-state index is 0. The fourth-order valence-corrected chi connectivity index (χ4v) is 1.26. The van der Waals surface area contributed by atoms with Crippen LogP contribution in [-0.4, -0.2) is 13.1 Å². The number of hydrogen-bond donors (Lipinski definition) is 1. The SMILES string of the molecule is C=CCNC/C(C)=C/c1ccccc1.Cl. The van der Waals surface area contributed by atoms with Gasteiger partial charge in [0.2, 0.25) is 0 Å². The largest absolute Gasteiger partial charge is 0.310 e. The fourth-order valence-electron chi connectivity index (χ4n) is 1.26. The van der Waals surface area contributed by atoms with Gasteiger partial charge in [0.1, 0.15) is 0 Å². The lowest BCUT2D eigenvalue weighted by Crippen LogP contribution is -2.15. The first-order valence-corrected chi connectivity index (χ1v) is 4.87. The first-order valence-electron chi connectivity index (χ1n) is 4.87. The Kier molecular flexibility index (Phi) is 7.69. The van der Waals surface area contributed by atoms with Gasteiger partial charge >= 0.3 is 0 Å². The molecule has 0 spiro atoms. The molecule has 1 nitrogen and oxygen atoms in total. The van der Waals surface area contributed by atoms with Crippen molar-refractivity contribution in [2.45, 2.75) is 6.92 Å². The Bertz CT molecular complexity index is 304. The van der Waals surface area contributed by atoms with Crippen LogP contribution in [0.2, 0.25) is 0 Å². The standard InChI is InChI=1S/C13H17N.ClH/c1-3-9-14-11-12(2)10-13-7-5-4-6-8-13;/h3-8,10,14H,1,9,11H2,2H3;1H/b12-10+;. The summed E-state index contributed by atoms with van der Waals surface area (Å²) in [5, 5.41) is 3.27. The summed E-state index contributed by atoms with van der Waals surface area (Å²) < 4.78 is 0. The Hall–Kier alpha value is -1.05. The predicted octanol–water partition coefficient (Wildman–Crippen LogP) is 3.29. The van der Waals surface area contributed by atoms with Gasteiger partial charge in [0, 0.05) is 13.1 Å². The van der Waals surface area contributed by atoms with Gasteiger partial charge in [-0.05, 0) is 12.5 Å². The minimum Gasteiger partial charge on any atom is -0.310 e. The second kappa shape index (κ2) is 8.27. The highest BCUT2D eigenvalue weighted by atomic mass is 35.5. The summed E-state index contributed by atoms with van der Waals surface area (Å²) in [5.74, 6) is 0. The molecule has 82 valence electrons. The van der Waals surface area contributed by atoms with E-state index in [9.17, 15) is 0 Å². The molecule has 0 atom stereocenters. The molecular formula is C13H18ClN. The summed E-state index contributed by atoms with van der Waals surface area (Å²) in [6, 6.07) is 10.4. The molecule has 0 aliphatic rings. The van der Waals surface area contributed by atoms with Crippen LogP contribution in [0.15, 0.2) is 48.6 Å². The Morgan fingerprint density at radius 1 is 1.33 bits per heavy atom. The van der Waals surface area contributed by atoms with E-state index in [1.165, 1.54) is 11.1 Å². The van der Waals surface area contributed by atoms with E-state index in [4.69, 9.17) is 0 Å². The highest BCUT2D eigenvalue weighted by molar-refractivity contribution is 5.85. The number of nitrogens with one attached hydrogen (secondary N) is 1. The molecule has 0 aromatic heterocycles. The highest BCUT2D eigenvalue weighted by Crippen LogP contribution is 2.04. The first-order chi connectivity index (χ1) is 6.83. The smallest absolute Gasteiger partial charge is 0.0168 e. The van der Waals surface area contributed by atoms with Crippen LogP contribution in [0.4, 0.5) is 0 Å². The van der Waals surface area contributed by atoms with Gasteiger partial charge in [0.15, 0.2) is 0 Å². The second-order valence-electron chi connectivity index (χ2n) is 3.32. The van der Waals surface area contributed by atoms with Gasteiger partial charge in [-0.25, -0.2) is 0 Å². The molecule has 0 heterocycles. The van der Waals surface area contributed by atoms with E-state index in [1.54, 1.807) is 0 Å². The van der Waals surface area contributed by atoms with Crippen molar-refractivity contribution >= 4 is 18.5 Å². The molecular weight excluding hydrogens is 206 g/mol. The van der Waals surface area contributed by atoms with E-state index in [0.717, 1.165) is 13.1 Å². The lowest BCUT2D eigenvalue weighted by Gasteiger charge is -2.01. The average molecular weight is 224 g/mol. The van der Waals surface area contributed by atoms with Crippen molar-refractivity contribution in [3.05, 3.63) is 54.1 Å². The van der Waals surface area contributed by atoms with E-state index in [2.05, 4.69) is 49.2 Å². The summed E-state index contributed by atoms with van der Waals surface area (Å²) in [5.41, 5.74) is 2.59. The monoisotopic (exact) mass is 223 g/mol. The number of halogens is 1. The maximum Gasteiger partial charge on any atom is 0.0168 e.